The lowest BCUT2D eigenvalue weighted by Crippen LogP contribution is -2.52. The van der Waals surface area contributed by atoms with E-state index in [2.05, 4.69) is 16.3 Å². The third kappa shape index (κ3) is 2.06. The zero-order valence-corrected chi connectivity index (χ0v) is 11.0. The molecule has 2 fully saturated rings. The Morgan fingerprint density at radius 3 is 3.05 bits per heavy atom. The number of carbonyl (C=O) groups is 1. The lowest BCUT2D eigenvalue weighted by molar-refractivity contribution is 0.197. The molecule has 1 aromatic rings. The van der Waals surface area contributed by atoms with Crippen LogP contribution in [-0.2, 0) is 6.61 Å². The lowest BCUT2D eigenvalue weighted by Gasteiger charge is -2.38. The van der Waals surface area contributed by atoms with Gasteiger partial charge in [0.25, 0.3) is 0 Å². The van der Waals surface area contributed by atoms with E-state index in [1.54, 1.807) is 6.07 Å². The molecule has 2 heterocycles. The Morgan fingerprint density at radius 1 is 1.45 bits per heavy atom. The van der Waals surface area contributed by atoms with Gasteiger partial charge in [0.1, 0.15) is 6.07 Å². The van der Waals surface area contributed by atoms with E-state index in [0.717, 1.165) is 24.3 Å². The minimum Gasteiger partial charge on any atom is -0.392 e. The zero-order valence-electron chi connectivity index (χ0n) is 11.0. The van der Waals surface area contributed by atoms with Gasteiger partial charge in [-0.05, 0) is 17.7 Å². The minimum absolute atomic E-state index is 0.00536. The Bertz CT molecular complexity index is 581. The molecule has 20 heavy (non-hydrogen) atoms. The number of amides is 2. The predicted molar refractivity (Wildman–Crippen MR) is 73.2 cm³/mol. The summed E-state index contributed by atoms with van der Waals surface area (Å²) in [6.07, 6.45) is 0. The standard InChI is InChI=1S/C14H16N4O2/c15-6-11-5-10(9-19)1-2-13(11)17-3-4-18-12(8-17)7-16-14(18)20/h1-2,5,12,19H,3-4,7-9H2,(H,16,20). The molecule has 2 saturated heterocycles. The number of hydrogen-bond donors (Lipinski definition) is 2. The van der Waals surface area contributed by atoms with Gasteiger partial charge in [-0.1, -0.05) is 6.07 Å². The van der Waals surface area contributed by atoms with Crippen LogP contribution in [0.15, 0.2) is 18.2 Å². The summed E-state index contributed by atoms with van der Waals surface area (Å²) in [6, 6.07) is 7.79. The van der Waals surface area contributed by atoms with Crippen molar-refractivity contribution in [2.45, 2.75) is 12.6 Å². The first-order valence-electron chi connectivity index (χ1n) is 6.66. The van der Waals surface area contributed by atoms with Gasteiger partial charge in [-0.15, -0.1) is 0 Å². The SMILES string of the molecule is N#Cc1cc(CO)ccc1N1CCN2C(=O)NCC2C1. The van der Waals surface area contributed by atoms with Gasteiger partial charge >= 0.3 is 6.03 Å². The van der Waals surface area contributed by atoms with Crippen LogP contribution in [0.4, 0.5) is 10.5 Å². The van der Waals surface area contributed by atoms with Crippen LogP contribution >= 0.6 is 0 Å². The molecule has 0 radical (unpaired) electrons. The molecule has 1 atom stereocenters. The highest BCUT2D eigenvalue weighted by Gasteiger charge is 2.35. The first-order chi connectivity index (χ1) is 9.72. The number of aliphatic hydroxyl groups excluding tert-OH is 1. The first-order valence-corrected chi connectivity index (χ1v) is 6.66. The molecule has 6 heteroatoms. The van der Waals surface area contributed by atoms with Gasteiger partial charge in [0.2, 0.25) is 0 Å². The number of nitrogens with one attached hydrogen (secondary N) is 1. The fourth-order valence-corrected chi connectivity index (χ4v) is 2.87. The van der Waals surface area contributed by atoms with Gasteiger partial charge in [0.15, 0.2) is 0 Å². The normalized spacial score (nSPS) is 21.4. The largest absolute Gasteiger partial charge is 0.392 e. The Labute approximate surface area is 117 Å². The van der Waals surface area contributed by atoms with E-state index in [4.69, 9.17) is 5.11 Å². The number of hydrogen-bond acceptors (Lipinski definition) is 4. The number of aliphatic hydroxyl groups is 1. The van der Waals surface area contributed by atoms with Gasteiger partial charge in [-0.3, -0.25) is 0 Å². The second kappa shape index (κ2) is 5.02. The molecular weight excluding hydrogens is 256 g/mol. The van der Waals surface area contributed by atoms with E-state index in [0.29, 0.717) is 18.7 Å². The van der Waals surface area contributed by atoms with Crippen LogP contribution in [0, 0.1) is 11.3 Å². The number of fused-ring (bicyclic) bond motifs is 1. The van der Waals surface area contributed by atoms with Crippen LogP contribution in [0.5, 0.6) is 0 Å². The van der Waals surface area contributed by atoms with E-state index in [-0.39, 0.29) is 18.7 Å². The van der Waals surface area contributed by atoms with E-state index in [9.17, 15) is 10.1 Å². The lowest BCUT2D eigenvalue weighted by atomic mass is 10.1. The third-order valence-corrected chi connectivity index (χ3v) is 3.94. The summed E-state index contributed by atoms with van der Waals surface area (Å²) in [4.78, 5) is 15.6. The van der Waals surface area contributed by atoms with Crippen LogP contribution in [0.1, 0.15) is 11.1 Å². The van der Waals surface area contributed by atoms with Crippen LogP contribution in [0.2, 0.25) is 0 Å². The molecule has 0 bridgehead atoms. The molecule has 0 aliphatic carbocycles. The van der Waals surface area contributed by atoms with Crippen molar-refractivity contribution >= 4 is 11.7 Å². The fraction of sp³-hybridized carbons (Fsp3) is 0.429. The van der Waals surface area contributed by atoms with Crippen LogP contribution < -0.4 is 10.2 Å². The third-order valence-electron chi connectivity index (χ3n) is 3.94. The van der Waals surface area contributed by atoms with Gasteiger partial charge < -0.3 is 20.2 Å². The minimum atomic E-state index is -0.0657. The summed E-state index contributed by atoms with van der Waals surface area (Å²) in [7, 11) is 0. The van der Waals surface area contributed by atoms with Crippen molar-refractivity contribution in [3.8, 4) is 6.07 Å². The van der Waals surface area contributed by atoms with Crippen molar-refractivity contribution in [1.29, 1.82) is 5.26 Å². The highest BCUT2D eigenvalue weighted by molar-refractivity contribution is 5.77. The number of anilines is 1. The molecule has 0 saturated carbocycles. The van der Waals surface area contributed by atoms with E-state index in [1.807, 2.05) is 17.0 Å². The number of urea groups is 1. The number of benzene rings is 1. The molecule has 3 rings (SSSR count). The van der Waals surface area contributed by atoms with Crippen molar-refractivity contribution < 1.29 is 9.90 Å². The number of carbonyl (C=O) groups excluding carboxylic acids is 1. The van der Waals surface area contributed by atoms with Gasteiger partial charge in [-0.2, -0.15) is 5.26 Å². The summed E-state index contributed by atoms with van der Waals surface area (Å²) in [6.45, 7) is 2.71. The molecule has 2 aliphatic heterocycles. The molecule has 104 valence electrons. The van der Waals surface area contributed by atoms with Crippen molar-refractivity contribution in [1.82, 2.24) is 10.2 Å². The van der Waals surface area contributed by atoms with Crippen molar-refractivity contribution in [3.05, 3.63) is 29.3 Å². The Balaban J connectivity index is 1.84. The Hall–Kier alpha value is -2.26. The predicted octanol–water partition coefficient (Wildman–Crippen LogP) is 0.264. The maximum atomic E-state index is 11.6. The second-order valence-corrected chi connectivity index (χ2v) is 5.10. The van der Waals surface area contributed by atoms with Gasteiger partial charge in [0.05, 0.1) is 23.9 Å². The second-order valence-electron chi connectivity index (χ2n) is 5.10. The van der Waals surface area contributed by atoms with Crippen molar-refractivity contribution in [2.24, 2.45) is 0 Å². The molecule has 2 aliphatic rings. The summed E-state index contributed by atoms with van der Waals surface area (Å²) in [5, 5.41) is 21.2. The first kappa shape index (κ1) is 12.8. The number of nitriles is 1. The topological polar surface area (TPSA) is 79.6 Å². The van der Waals surface area contributed by atoms with Crippen molar-refractivity contribution in [3.63, 3.8) is 0 Å². The van der Waals surface area contributed by atoms with Crippen molar-refractivity contribution in [2.75, 3.05) is 31.1 Å². The monoisotopic (exact) mass is 272 g/mol. The zero-order chi connectivity index (χ0) is 14.1. The molecule has 0 aromatic heterocycles. The summed E-state index contributed by atoms with van der Waals surface area (Å²) < 4.78 is 0. The van der Waals surface area contributed by atoms with E-state index >= 15 is 0 Å². The average Bonchev–Trinajstić information content (AvgIpc) is 2.87. The summed E-state index contributed by atoms with van der Waals surface area (Å²) in [5.74, 6) is 0. The molecule has 6 nitrogen and oxygen atoms in total. The quantitative estimate of drug-likeness (QED) is 0.809. The highest BCUT2D eigenvalue weighted by Crippen LogP contribution is 2.25. The molecule has 2 amide bonds. The van der Waals surface area contributed by atoms with E-state index in [1.165, 1.54) is 0 Å². The smallest absolute Gasteiger partial charge is 0.317 e. The molecule has 0 spiro atoms. The van der Waals surface area contributed by atoms with E-state index < -0.39 is 0 Å². The molecule has 1 aromatic carbocycles. The number of nitrogens with zero attached hydrogens (tertiary/aromatic N) is 3. The summed E-state index contributed by atoms with van der Waals surface area (Å²) in [5.41, 5.74) is 2.19. The molecule has 2 N–H and O–H groups in total. The Kier molecular flexibility index (Phi) is 3.20. The molecule has 1 unspecified atom stereocenters. The maximum Gasteiger partial charge on any atom is 0.317 e. The van der Waals surface area contributed by atoms with Crippen LogP contribution in [0.25, 0.3) is 0 Å². The Morgan fingerprint density at radius 2 is 2.30 bits per heavy atom. The fourth-order valence-electron chi connectivity index (χ4n) is 2.87. The van der Waals surface area contributed by atoms with Gasteiger partial charge in [-0.25, -0.2) is 4.79 Å². The number of rotatable bonds is 2. The number of piperazine rings is 1. The maximum absolute atomic E-state index is 11.6. The van der Waals surface area contributed by atoms with Crippen LogP contribution in [0.3, 0.4) is 0 Å². The summed E-state index contributed by atoms with van der Waals surface area (Å²) >= 11 is 0. The average molecular weight is 272 g/mol. The highest BCUT2D eigenvalue weighted by atomic mass is 16.3. The molecular formula is C14H16N4O2. The van der Waals surface area contributed by atoms with Gasteiger partial charge in [0, 0.05) is 26.2 Å². The van der Waals surface area contributed by atoms with Crippen LogP contribution in [-0.4, -0.2) is 48.3 Å².